The Morgan fingerprint density at radius 2 is 1.87 bits per heavy atom. The van der Waals surface area contributed by atoms with Crippen LogP contribution in [0.3, 0.4) is 0 Å². The Morgan fingerprint density at radius 3 is 2.71 bits per heavy atom. The second kappa shape index (κ2) is 8.12. The van der Waals surface area contributed by atoms with E-state index in [2.05, 4.69) is 19.1 Å². The van der Waals surface area contributed by atoms with E-state index in [4.69, 9.17) is 14.8 Å². The molecule has 6 nitrogen and oxygen atoms in total. The maximum absolute atomic E-state index is 13.0. The molecule has 1 atom stereocenters. The first-order chi connectivity index (χ1) is 15.1. The topological polar surface area (TPSA) is 59.7 Å². The molecular formula is C25H26N4O2. The third-order valence-corrected chi connectivity index (χ3v) is 6.20. The standard InChI is InChI=1S/C25H26N4O2/c1-17-20(18(2)29-25(26-17)21-10-6-7-11-22(21)27-29)12-13-24(30)28-14-15-31-23(16-28)19-8-4-3-5-9-19/h3-11,23H,12-16H2,1-2H3. The highest BCUT2D eigenvalue weighted by atomic mass is 16.5. The minimum absolute atomic E-state index is 0.0584. The first-order valence-corrected chi connectivity index (χ1v) is 10.8. The minimum atomic E-state index is -0.0584. The largest absolute Gasteiger partial charge is 0.370 e. The number of hydrogen-bond donors (Lipinski definition) is 0. The summed E-state index contributed by atoms with van der Waals surface area (Å²) in [5.41, 5.74) is 6.04. The van der Waals surface area contributed by atoms with E-state index in [1.54, 1.807) is 0 Å². The van der Waals surface area contributed by atoms with Crippen LogP contribution in [0.25, 0.3) is 16.6 Å². The van der Waals surface area contributed by atoms with Crippen molar-refractivity contribution >= 4 is 22.5 Å². The van der Waals surface area contributed by atoms with E-state index in [9.17, 15) is 4.79 Å². The lowest BCUT2D eigenvalue weighted by molar-refractivity contribution is -0.139. The number of nitrogens with zero attached hydrogens (tertiary/aromatic N) is 4. The number of aromatic nitrogens is 3. The fourth-order valence-electron chi connectivity index (χ4n) is 4.47. The smallest absolute Gasteiger partial charge is 0.223 e. The Kier molecular flexibility index (Phi) is 5.16. The normalized spacial score (nSPS) is 16.8. The van der Waals surface area contributed by atoms with Crippen LogP contribution in [0.15, 0.2) is 54.6 Å². The Hall–Kier alpha value is -3.25. The van der Waals surface area contributed by atoms with Gasteiger partial charge in [0.25, 0.3) is 0 Å². The molecule has 1 saturated heterocycles. The summed E-state index contributed by atoms with van der Waals surface area (Å²) in [4.78, 5) is 19.8. The number of fused-ring (bicyclic) bond motifs is 3. The van der Waals surface area contributed by atoms with Gasteiger partial charge in [-0.3, -0.25) is 4.79 Å². The fraction of sp³-hybridized carbons (Fsp3) is 0.320. The Morgan fingerprint density at radius 1 is 1.10 bits per heavy atom. The maximum Gasteiger partial charge on any atom is 0.223 e. The van der Waals surface area contributed by atoms with Crippen molar-refractivity contribution in [3.8, 4) is 0 Å². The second-order valence-corrected chi connectivity index (χ2v) is 8.12. The predicted molar refractivity (Wildman–Crippen MR) is 120 cm³/mol. The SMILES string of the molecule is Cc1nc2c3ccccc3nn2c(C)c1CCC(=O)N1CCOC(c2ccccc2)C1. The highest BCUT2D eigenvalue weighted by Gasteiger charge is 2.25. The summed E-state index contributed by atoms with van der Waals surface area (Å²) in [6, 6.07) is 18.2. The lowest BCUT2D eigenvalue weighted by atomic mass is 10.0. The monoisotopic (exact) mass is 414 g/mol. The van der Waals surface area contributed by atoms with Crippen molar-refractivity contribution in [2.75, 3.05) is 19.7 Å². The summed E-state index contributed by atoms with van der Waals surface area (Å²) >= 11 is 0. The summed E-state index contributed by atoms with van der Waals surface area (Å²) in [5, 5.41) is 5.77. The molecule has 0 aliphatic carbocycles. The molecule has 3 heterocycles. The molecule has 0 N–H and O–H groups in total. The molecule has 4 aromatic rings. The lowest BCUT2D eigenvalue weighted by Gasteiger charge is -2.33. The quantitative estimate of drug-likeness (QED) is 0.506. The summed E-state index contributed by atoms with van der Waals surface area (Å²) in [5.74, 6) is 0.161. The molecule has 1 amide bonds. The predicted octanol–water partition coefficient (Wildman–Crippen LogP) is 4.03. The van der Waals surface area contributed by atoms with Crippen molar-refractivity contribution in [2.45, 2.75) is 32.8 Å². The van der Waals surface area contributed by atoms with Crippen molar-refractivity contribution in [3.05, 3.63) is 77.1 Å². The van der Waals surface area contributed by atoms with E-state index in [1.165, 1.54) is 0 Å². The summed E-state index contributed by atoms with van der Waals surface area (Å²) in [6.07, 6.45) is 1.05. The fourth-order valence-corrected chi connectivity index (χ4v) is 4.47. The number of carbonyl (C=O) groups excluding carboxylic acids is 1. The molecule has 1 fully saturated rings. The van der Waals surface area contributed by atoms with Crippen LogP contribution in [0.4, 0.5) is 0 Å². The molecule has 0 radical (unpaired) electrons. The van der Waals surface area contributed by atoms with Crippen molar-refractivity contribution in [1.82, 2.24) is 19.5 Å². The van der Waals surface area contributed by atoms with Gasteiger partial charge in [0.1, 0.15) is 6.10 Å². The van der Waals surface area contributed by atoms with Gasteiger partial charge in [0.2, 0.25) is 5.91 Å². The minimum Gasteiger partial charge on any atom is -0.370 e. The van der Waals surface area contributed by atoms with Crippen LogP contribution in [0.1, 0.15) is 35.0 Å². The molecule has 0 spiro atoms. The zero-order valence-corrected chi connectivity index (χ0v) is 17.9. The Labute approximate surface area is 181 Å². The Bertz CT molecular complexity index is 1250. The Balaban J connectivity index is 1.33. The zero-order chi connectivity index (χ0) is 21.4. The number of hydrogen-bond acceptors (Lipinski definition) is 4. The van der Waals surface area contributed by atoms with E-state index in [0.29, 0.717) is 32.5 Å². The molecule has 5 rings (SSSR count). The number of rotatable bonds is 4. The second-order valence-electron chi connectivity index (χ2n) is 8.12. The van der Waals surface area contributed by atoms with Gasteiger partial charge in [-0.25, -0.2) is 9.50 Å². The number of ether oxygens (including phenoxy) is 1. The van der Waals surface area contributed by atoms with Gasteiger partial charge in [-0.1, -0.05) is 42.5 Å². The van der Waals surface area contributed by atoms with Crippen molar-refractivity contribution < 1.29 is 9.53 Å². The summed E-state index contributed by atoms with van der Waals surface area (Å²) in [7, 11) is 0. The van der Waals surface area contributed by atoms with Gasteiger partial charge in [-0.05, 0) is 43.5 Å². The first kappa shape index (κ1) is 19.7. The molecule has 31 heavy (non-hydrogen) atoms. The highest BCUT2D eigenvalue weighted by Crippen LogP contribution is 2.25. The first-order valence-electron chi connectivity index (χ1n) is 10.8. The van der Waals surface area contributed by atoms with Gasteiger partial charge in [0, 0.05) is 29.7 Å². The van der Waals surface area contributed by atoms with Crippen LogP contribution in [0, 0.1) is 13.8 Å². The van der Waals surface area contributed by atoms with Crippen LogP contribution in [0.2, 0.25) is 0 Å². The third-order valence-electron chi connectivity index (χ3n) is 6.20. The van der Waals surface area contributed by atoms with Gasteiger partial charge in [-0.2, -0.15) is 5.10 Å². The third kappa shape index (κ3) is 3.68. The van der Waals surface area contributed by atoms with Crippen LogP contribution < -0.4 is 0 Å². The number of benzene rings is 2. The molecule has 2 aromatic carbocycles. The van der Waals surface area contributed by atoms with Crippen LogP contribution in [-0.4, -0.2) is 45.1 Å². The molecule has 0 saturated carbocycles. The van der Waals surface area contributed by atoms with E-state index in [0.717, 1.165) is 39.1 Å². The average Bonchev–Trinajstić information content (AvgIpc) is 3.18. The van der Waals surface area contributed by atoms with E-state index < -0.39 is 0 Å². The van der Waals surface area contributed by atoms with Crippen molar-refractivity contribution in [1.29, 1.82) is 0 Å². The molecule has 1 unspecified atom stereocenters. The number of amides is 1. The highest BCUT2D eigenvalue weighted by molar-refractivity contribution is 5.92. The van der Waals surface area contributed by atoms with Crippen LogP contribution in [0.5, 0.6) is 0 Å². The number of morpholine rings is 1. The molecular weight excluding hydrogens is 388 g/mol. The van der Waals surface area contributed by atoms with Crippen LogP contribution in [-0.2, 0) is 16.0 Å². The summed E-state index contributed by atoms with van der Waals surface area (Å²) < 4.78 is 7.82. The van der Waals surface area contributed by atoms with E-state index >= 15 is 0 Å². The molecule has 0 bridgehead atoms. The van der Waals surface area contributed by atoms with E-state index in [-0.39, 0.29) is 12.0 Å². The van der Waals surface area contributed by atoms with Gasteiger partial charge in [0.15, 0.2) is 5.65 Å². The van der Waals surface area contributed by atoms with Gasteiger partial charge >= 0.3 is 0 Å². The number of aryl methyl sites for hydroxylation is 2. The molecule has 1 aliphatic rings. The van der Waals surface area contributed by atoms with Gasteiger partial charge in [-0.15, -0.1) is 0 Å². The maximum atomic E-state index is 13.0. The number of carbonyl (C=O) groups is 1. The molecule has 1 aliphatic heterocycles. The van der Waals surface area contributed by atoms with E-state index in [1.807, 2.05) is 58.8 Å². The van der Waals surface area contributed by atoms with Crippen molar-refractivity contribution in [3.63, 3.8) is 0 Å². The van der Waals surface area contributed by atoms with Crippen LogP contribution >= 0.6 is 0 Å². The lowest BCUT2D eigenvalue weighted by Crippen LogP contribution is -2.42. The van der Waals surface area contributed by atoms with Gasteiger partial charge < -0.3 is 9.64 Å². The molecule has 2 aromatic heterocycles. The molecule has 6 heteroatoms. The average molecular weight is 415 g/mol. The molecule has 158 valence electrons. The zero-order valence-electron chi connectivity index (χ0n) is 17.9. The van der Waals surface area contributed by atoms with Crippen molar-refractivity contribution in [2.24, 2.45) is 0 Å². The summed E-state index contributed by atoms with van der Waals surface area (Å²) in [6.45, 7) is 5.89. The van der Waals surface area contributed by atoms with Gasteiger partial charge in [0.05, 0.1) is 18.7 Å².